The van der Waals surface area contributed by atoms with Gasteiger partial charge in [-0.1, -0.05) is 20.8 Å². The number of fused-ring (bicyclic) bond motifs is 1. The van der Waals surface area contributed by atoms with Crippen molar-refractivity contribution in [2.24, 2.45) is 0 Å². The summed E-state index contributed by atoms with van der Waals surface area (Å²) in [5.41, 5.74) is 0.0223. The Kier molecular flexibility index (Phi) is 3.27. The van der Waals surface area contributed by atoms with E-state index in [1.54, 1.807) is 0 Å². The number of hydrogen-bond donors (Lipinski definition) is 0. The molecule has 106 valence electrons. The summed E-state index contributed by atoms with van der Waals surface area (Å²) >= 11 is 1.51. The van der Waals surface area contributed by atoms with Crippen LogP contribution in [-0.4, -0.2) is 59.7 Å². The fraction of sp³-hybridized carbons (Fsp3) is 0.846. The molecule has 19 heavy (non-hydrogen) atoms. The summed E-state index contributed by atoms with van der Waals surface area (Å²) in [5, 5.41) is 1.04. The number of rotatable bonds is 1. The third-order valence-electron chi connectivity index (χ3n) is 3.94. The van der Waals surface area contributed by atoms with Crippen molar-refractivity contribution in [1.29, 1.82) is 0 Å². The summed E-state index contributed by atoms with van der Waals surface area (Å²) in [6.07, 6.45) is 0.320. The fourth-order valence-electron chi connectivity index (χ4n) is 2.66. The molecule has 2 unspecified atom stereocenters. The van der Waals surface area contributed by atoms with Gasteiger partial charge in [-0.2, -0.15) is 4.37 Å². The van der Waals surface area contributed by atoms with Crippen LogP contribution in [0.3, 0.4) is 0 Å². The van der Waals surface area contributed by atoms with E-state index in [0.717, 1.165) is 37.2 Å². The number of anilines is 1. The van der Waals surface area contributed by atoms with Crippen molar-refractivity contribution < 1.29 is 4.74 Å². The summed E-state index contributed by atoms with van der Waals surface area (Å²) in [7, 11) is 2.18. The summed E-state index contributed by atoms with van der Waals surface area (Å²) < 4.78 is 10.4. The van der Waals surface area contributed by atoms with Crippen LogP contribution in [0.5, 0.6) is 0 Å². The van der Waals surface area contributed by atoms with Crippen molar-refractivity contribution >= 4 is 16.7 Å². The van der Waals surface area contributed by atoms with Gasteiger partial charge in [-0.25, -0.2) is 4.98 Å². The summed E-state index contributed by atoms with van der Waals surface area (Å²) in [4.78, 5) is 9.43. The van der Waals surface area contributed by atoms with Gasteiger partial charge < -0.3 is 9.64 Å². The SMILES string of the molecule is CN1CCOC2CN(c3nc(C(C)(C)C)ns3)CC21. The van der Waals surface area contributed by atoms with Gasteiger partial charge in [0, 0.05) is 36.6 Å². The second-order valence-electron chi connectivity index (χ2n) is 6.51. The third-order valence-corrected chi connectivity index (χ3v) is 4.71. The molecule has 3 heterocycles. The second kappa shape index (κ2) is 4.68. The molecular formula is C13H22N4OS. The first-order valence-corrected chi connectivity index (χ1v) is 7.63. The van der Waals surface area contributed by atoms with Crippen LogP contribution in [0.1, 0.15) is 26.6 Å². The van der Waals surface area contributed by atoms with Gasteiger partial charge in [0.15, 0.2) is 0 Å². The van der Waals surface area contributed by atoms with E-state index in [0.29, 0.717) is 12.1 Å². The number of ether oxygens (including phenoxy) is 1. The first-order chi connectivity index (χ1) is 8.95. The van der Waals surface area contributed by atoms with Crippen molar-refractivity contribution in [2.45, 2.75) is 38.3 Å². The average Bonchev–Trinajstić information content (AvgIpc) is 2.94. The molecule has 0 radical (unpaired) electrons. The molecule has 2 aliphatic heterocycles. The van der Waals surface area contributed by atoms with E-state index in [2.05, 4.69) is 42.0 Å². The lowest BCUT2D eigenvalue weighted by Crippen LogP contribution is -2.48. The molecule has 0 amide bonds. The van der Waals surface area contributed by atoms with E-state index in [1.807, 2.05) is 0 Å². The van der Waals surface area contributed by atoms with E-state index in [1.165, 1.54) is 11.5 Å². The van der Waals surface area contributed by atoms with Crippen LogP contribution in [0.25, 0.3) is 0 Å². The lowest BCUT2D eigenvalue weighted by atomic mass is 9.96. The molecule has 0 spiro atoms. The predicted molar refractivity (Wildman–Crippen MR) is 77.0 cm³/mol. The highest BCUT2D eigenvalue weighted by molar-refractivity contribution is 7.09. The molecule has 1 aromatic rings. The molecule has 6 heteroatoms. The first-order valence-electron chi connectivity index (χ1n) is 6.86. The average molecular weight is 282 g/mol. The smallest absolute Gasteiger partial charge is 0.205 e. The summed E-state index contributed by atoms with van der Waals surface area (Å²) in [6, 6.07) is 0.496. The molecule has 0 aromatic carbocycles. The monoisotopic (exact) mass is 282 g/mol. The van der Waals surface area contributed by atoms with Crippen LogP contribution in [-0.2, 0) is 10.2 Å². The minimum absolute atomic E-state index is 0.0223. The number of aromatic nitrogens is 2. The van der Waals surface area contributed by atoms with Gasteiger partial charge in [0.1, 0.15) is 5.82 Å². The van der Waals surface area contributed by atoms with Crippen molar-refractivity contribution in [3.8, 4) is 0 Å². The first kappa shape index (κ1) is 13.3. The fourth-order valence-corrected chi connectivity index (χ4v) is 3.54. The van der Waals surface area contributed by atoms with Crippen LogP contribution in [0.2, 0.25) is 0 Å². The maximum Gasteiger partial charge on any atom is 0.205 e. The number of morpholine rings is 1. The summed E-state index contributed by atoms with van der Waals surface area (Å²) in [6.45, 7) is 10.3. The predicted octanol–water partition coefficient (Wildman–Crippen LogP) is 1.35. The van der Waals surface area contributed by atoms with Crippen molar-refractivity contribution in [2.75, 3.05) is 38.2 Å². The van der Waals surface area contributed by atoms with Crippen LogP contribution >= 0.6 is 11.5 Å². The molecule has 0 bridgehead atoms. The Hall–Kier alpha value is -0.720. The number of hydrogen-bond acceptors (Lipinski definition) is 6. The third kappa shape index (κ3) is 2.49. The van der Waals surface area contributed by atoms with Crippen LogP contribution < -0.4 is 4.90 Å². The van der Waals surface area contributed by atoms with E-state index >= 15 is 0 Å². The molecular weight excluding hydrogens is 260 g/mol. The minimum Gasteiger partial charge on any atom is -0.373 e. The maximum atomic E-state index is 5.87. The van der Waals surface area contributed by atoms with E-state index in [4.69, 9.17) is 9.72 Å². The highest BCUT2D eigenvalue weighted by Crippen LogP contribution is 2.30. The van der Waals surface area contributed by atoms with Gasteiger partial charge in [-0.05, 0) is 7.05 Å². The molecule has 2 aliphatic rings. The Bertz CT molecular complexity index is 456. The molecule has 3 rings (SSSR count). The van der Waals surface area contributed by atoms with Crippen LogP contribution in [0, 0.1) is 0 Å². The molecule has 2 atom stereocenters. The van der Waals surface area contributed by atoms with Crippen LogP contribution in [0.4, 0.5) is 5.13 Å². The van der Waals surface area contributed by atoms with Gasteiger partial charge in [-0.3, -0.25) is 4.90 Å². The normalized spacial score (nSPS) is 28.7. The Morgan fingerprint density at radius 2 is 2.11 bits per heavy atom. The second-order valence-corrected chi connectivity index (χ2v) is 7.24. The Morgan fingerprint density at radius 3 is 2.74 bits per heavy atom. The quantitative estimate of drug-likeness (QED) is 0.778. The number of nitrogens with zero attached hydrogens (tertiary/aromatic N) is 4. The maximum absolute atomic E-state index is 5.87. The standard InChI is InChI=1S/C13H22N4OS/c1-13(2,3)11-14-12(19-15-11)17-7-9-10(8-17)18-6-5-16(9)4/h9-10H,5-8H2,1-4H3. The zero-order valence-electron chi connectivity index (χ0n) is 12.1. The Labute approximate surface area is 118 Å². The van der Waals surface area contributed by atoms with E-state index in [-0.39, 0.29) is 5.41 Å². The van der Waals surface area contributed by atoms with Gasteiger partial charge in [0.25, 0.3) is 0 Å². The van der Waals surface area contributed by atoms with Gasteiger partial charge in [0.2, 0.25) is 5.13 Å². The molecule has 0 aliphatic carbocycles. The molecule has 1 aromatic heterocycles. The topological polar surface area (TPSA) is 41.5 Å². The molecule has 2 fully saturated rings. The minimum atomic E-state index is 0.0223. The molecule has 2 saturated heterocycles. The van der Waals surface area contributed by atoms with Crippen molar-refractivity contribution in [1.82, 2.24) is 14.3 Å². The van der Waals surface area contributed by atoms with Crippen LogP contribution in [0.15, 0.2) is 0 Å². The summed E-state index contributed by atoms with van der Waals surface area (Å²) in [5.74, 6) is 0.941. The van der Waals surface area contributed by atoms with Crippen molar-refractivity contribution in [3.63, 3.8) is 0 Å². The zero-order chi connectivity index (χ0) is 13.6. The Morgan fingerprint density at radius 1 is 1.32 bits per heavy atom. The van der Waals surface area contributed by atoms with E-state index < -0.39 is 0 Å². The highest BCUT2D eigenvalue weighted by atomic mass is 32.1. The van der Waals surface area contributed by atoms with Gasteiger partial charge in [0.05, 0.1) is 18.8 Å². The van der Waals surface area contributed by atoms with E-state index in [9.17, 15) is 0 Å². The molecule has 0 saturated carbocycles. The lowest BCUT2D eigenvalue weighted by molar-refractivity contribution is -0.0362. The lowest BCUT2D eigenvalue weighted by Gasteiger charge is -2.33. The Balaban J connectivity index is 1.75. The van der Waals surface area contributed by atoms with Gasteiger partial charge >= 0.3 is 0 Å². The highest BCUT2D eigenvalue weighted by Gasteiger charge is 2.39. The molecule has 0 N–H and O–H groups in total. The molecule has 5 nitrogen and oxygen atoms in total. The number of likely N-dealkylation sites (N-methyl/N-ethyl adjacent to an activating group) is 1. The van der Waals surface area contributed by atoms with Crippen molar-refractivity contribution in [3.05, 3.63) is 5.82 Å². The van der Waals surface area contributed by atoms with Gasteiger partial charge in [-0.15, -0.1) is 0 Å². The zero-order valence-corrected chi connectivity index (χ0v) is 12.9. The largest absolute Gasteiger partial charge is 0.373 e.